The molecule has 8 nitrogen and oxygen atoms in total. The molecule has 0 fully saturated rings. The van der Waals surface area contributed by atoms with Crippen LogP contribution in [0, 0.1) is 10.1 Å². The zero-order valence-corrected chi connectivity index (χ0v) is 6.91. The second-order valence-electron chi connectivity index (χ2n) is 2.23. The summed E-state index contributed by atoms with van der Waals surface area (Å²) in [6.07, 6.45) is 0. The number of primary amides is 1. The van der Waals surface area contributed by atoms with Crippen LogP contribution in [-0.4, -0.2) is 11.0 Å². The monoisotopic (exact) mass is 198 g/mol. The molecule has 14 heavy (non-hydrogen) atoms. The van der Waals surface area contributed by atoms with Gasteiger partial charge in [-0.15, -0.1) is 0 Å². The van der Waals surface area contributed by atoms with Crippen LogP contribution < -0.4 is 5.73 Å². The van der Waals surface area contributed by atoms with Gasteiger partial charge in [-0.1, -0.05) is 5.11 Å². The van der Waals surface area contributed by atoms with Gasteiger partial charge in [0.05, 0.1) is 6.07 Å². The molecule has 0 aromatic carbocycles. The maximum atomic E-state index is 10.2. The predicted octanol–water partition coefficient (Wildman–Crippen LogP) is 1.22. The number of rotatable bonds is 3. The highest BCUT2D eigenvalue weighted by molar-refractivity contribution is 5.71. The molecular formula is C6H6N4O4. The van der Waals surface area contributed by atoms with Crippen molar-refractivity contribution in [2.24, 2.45) is 16.0 Å². The number of amides is 2. The Balaban J connectivity index is 2.60. The maximum Gasteiger partial charge on any atom is 0.433 e. The van der Waals surface area contributed by atoms with Crippen LogP contribution in [0.5, 0.6) is 0 Å². The van der Waals surface area contributed by atoms with Crippen molar-refractivity contribution >= 4 is 11.9 Å². The van der Waals surface area contributed by atoms with Crippen molar-refractivity contribution < 1.29 is 14.1 Å². The van der Waals surface area contributed by atoms with E-state index < -0.39 is 11.0 Å². The van der Waals surface area contributed by atoms with E-state index in [4.69, 9.17) is 4.42 Å². The first kappa shape index (κ1) is 9.84. The van der Waals surface area contributed by atoms with Gasteiger partial charge in [-0.3, -0.25) is 10.1 Å². The van der Waals surface area contributed by atoms with Gasteiger partial charge >= 0.3 is 11.9 Å². The minimum atomic E-state index is -0.925. The van der Waals surface area contributed by atoms with Crippen molar-refractivity contribution in [3.63, 3.8) is 0 Å². The van der Waals surface area contributed by atoms with E-state index in [1.165, 1.54) is 12.1 Å². The highest BCUT2D eigenvalue weighted by atomic mass is 16.6. The number of furan rings is 1. The molecule has 8 heteroatoms. The van der Waals surface area contributed by atoms with Gasteiger partial charge in [-0.2, -0.15) is 5.11 Å². The molecule has 0 aliphatic rings. The minimum absolute atomic E-state index is 0.0588. The lowest BCUT2D eigenvalue weighted by molar-refractivity contribution is -0.402. The lowest BCUT2D eigenvalue weighted by Gasteiger charge is -1.85. The topological polar surface area (TPSA) is 124 Å². The Kier molecular flexibility index (Phi) is 2.89. The largest absolute Gasteiger partial charge is 0.433 e. The number of nitrogens with two attached hydrogens (primary N) is 1. The summed E-state index contributed by atoms with van der Waals surface area (Å²) in [5, 5.41) is 16.5. The third-order valence-corrected chi connectivity index (χ3v) is 1.22. The Morgan fingerprint density at radius 1 is 1.64 bits per heavy atom. The van der Waals surface area contributed by atoms with Crippen molar-refractivity contribution in [2.45, 2.75) is 6.54 Å². The highest BCUT2D eigenvalue weighted by Gasteiger charge is 2.10. The summed E-state index contributed by atoms with van der Waals surface area (Å²) < 4.78 is 4.72. The summed E-state index contributed by atoms with van der Waals surface area (Å²) >= 11 is 0. The molecule has 0 atom stereocenters. The van der Waals surface area contributed by atoms with Crippen molar-refractivity contribution in [3.05, 3.63) is 28.0 Å². The molecular weight excluding hydrogens is 192 g/mol. The first-order valence-corrected chi connectivity index (χ1v) is 3.49. The van der Waals surface area contributed by atoms with Gasteiger partial charge in [-0.05, 0) is 6.07 Å². The van der Waals surface area contributed by atoms with Crippen LogP contribution in [0.15, 0.2) is 26.8 Å². The van der Waals surface area contributed by atoms with Gasteiger partial charge in [0.2, 0.25) is 0 Å². The Labute approximate surface area is 77.6 Å². The smallest absolute Gasteiger partial charge is 0.404 e. The molecule has 0 bridgehead atoms. The SMILES string of the molecule is NC(=O)N=NCc1ccc([N+](=O)[O-])o1. The molecule has 1 heterocycles. The summed E-state index contributed by atoms with van der Waals surface area (Å²) in [5.74, 6) is -0.143. The van der Waals surface area contributed by atoms with E-state index in [-0.39, 0.29) is 18.2 Å². The molecule has 0 aliphatic heterocycles. The fourth-order valence-corrected chi connectivity index (χ4v) is 0.724. The van der Waals surface area contributed by atoms with Gasteiger partial charge in [-0.25, -0.2) is 4.79 Å². The quantitative estimate of drug-likeness (QED) is 0.445. The van der Waals surface area contributed by atoms with Crippen LogP contribution in [0.1, 0.15) is 5.76 Å². The fraction of sp³-hybridized carbons (Fsp3) is 0.167. The van der Waals surface area contributed by atoms with Crippen LogP contribution in [0.4, 0.5) is 10.7 Å². The lowest BCUT2D eigenvalue weighted by atomic mass is 10.5. The summed E-state index contributed by atoms with van der Waals surface area (Å²) in [7, 11) is 0. The van der Waals surface area contributed by atoms with E-state index in [0.717, 1.165) is 0 Å². The average Bonchev–Trinajstić information content (AvgIpc) is 2.52. The number of nitro groups is 1. The molecule has 0 saturated carbocycles. The number of nitrogens with zero attached hydrogens (tertiary/aromatic N) is 3. The Bertz CT molecular complexity index is 383. The second kappa shape index (κ2) is 4.12. The van der Waals surface area contributed by atoms with E-state index in [1.54, 1.807) is 0 Å². The summed E-state index contributed by atoms with van der Waals surface area (Å²) in [6.45, 7) is -0.0588. The van der Waals surface area contributed by atoms with Gasteiger partial charge in [0, 0.05) is 0 Å². The zero-order chi connectivity index (χ0) is 10.6. The van der Waals surface area contributed by atoms with Crippen molar-refractivity contribution in [1.82, 2.24) is 0 Å². The minimum Gasteiger partial charge on any atom is -0.404 e. The van der Waals surface area contributed by atoms with E-state index in [1.807, 2.05) is 0 Å². The normalized spacial score (nSPS) is 10.6. The van der Waals surface area contributed by atoms with E-state index in [2.05, 4.69) is 16.0 Å². The van der Waals surface area contributed by atoms with Crippen molar-refractivity contribution in [2.75, 3.05) is 0 Å². The summed E-state index contributed by atoms with van der Waals surface area (Å²) in [6, 6.07) is 1.64. The lowest BCUT2D eigenvalue weighted by Crippen LogP contribution is -2.02. The van der Waals surface area contributed by atoms with Crippen LogP contribution in [-0.2, 0) is 6.54 Å². The third kappa shape index (κ3) is 2.66. The molecule has 0 spiro atoms. The fourth-order valence-electron chi connectivity index (χ4n) is 0.724. The first-order valence-electron chi connectivity index (χ1n) is 3.49. The van der Waals surface area contributed by atoms with Crippen LogP contribution >= 0.6 is 0 Å². The van der Waals surface area contributed by atoms with Gasteiger partial charge in [0.15, 0.2) is 0 Å². The van der Waals surface area contributed by atoms with E-state index >= 15 is 0 Å². The van der Waals surface area contributed by atoms with Crippen LogP contribution in [0.25, 0.3) is 0 Å². The molecule has 74 valence electrons. The van der Waals surface area contributed by atoms with Crippen LogP contribution in [0.3, 0.4) is 0 Å². The molecule has 1 aromatic heterocycles. The third-order valence-electron chi connectivity index (χ3n) is 1.22. The standard InChI is InChI=1S/C6H6N4O4/c7-6(11)9-8-3-4-1-2-5(14-4)10(12)13/h1-2H,3H2,(H2,7,11). The Hall–Kier alpha value is -2.25. The maximum absolute atomic E-state index is 10.2. The molecule has 0 unspecified atom stereocenters. The summed E-state index contributed by atoms with van der Waals surface area (Å²) in [4.78, 5) is 19.6. The van der Waals surface area contributed by atoms with Crippen molar-refractivity contribution in [1.29, 1.82) is 0 Å². The number of hydrogen-bond acceptors (Lipinski definition) is 5. The predicted molar refractivity (Wildman–Crippen MR) is 43.5 cm³/mol. The number of carbonyl (C=O) groups excluding carboxylic acids is 1. The molecule has 0 saturated heterocycles. The van der Waals surface area contributed by atoms with E-state index in [0.29, 0.717) is 0 Å². The second-order valence-corrected chi connectivity index (χ2v) is 2.23. The van der Waals surface area contributed by atoms with E-state index in [9.17, 15) is 14.9 Å². The number of carbonyl (C=O) groups is 1. The van der Waals surface area contributed by atoms with Gasteiger partial charge in [0.25, 0.3) is 0 Å². The number of hydrogen-bond donors (Lipinski definition) is 1. The highest BCUT2D eigenvalue weighted by Crippen LogP contribution is 2.15. The summed E-state index contributed by atoms with van der Waals surface area (Å²) in [5.41, 5.74) is 4.67. The molecule has 0 aliphatic carbocycles. The average molecular weight is 198 g/mol. The molecule has 2 amide bonds. The molecule has 1 rings (SSSR count). The Morgan fingerprint density at radius 3 is 2.86 bits per heavy atom. The van der Waals surface area contributed by atoms with Gasteiger partial charge < -0.3 is 10.2 Å². The number of azo groups is 1. The number of urea groups is 1. The molecule has 0 radical (unpaired) electrons. The molecule has 1 aromatic rings. The van der Waals surface area contributed by atoms with Crippen LogP contribution in [0.2, 0.25) is 0 Å². The van der Waals surface area contributed by atoms with Gasteiger partial charge in [0.1, 0.15) is 17.2 Å². The zero-order valence-electron chi connectivity index (χ0n) is 6.91. The molecule has 2 N–H and O–H groups in total. The van der Waals surface area contributed by atoms with Crippen molar-refractivity contribution in [3.8, 4) is 0 Å². The Morgan fingerprint density at radius 2 is 2.36 bits per heavy atom. The first-order chi connectivity index (χ1) is 6.59.